The van der Waals surface area contributed by atoms with Crippen molar-refractivity contribution in [3.63, 3.8) is 0 Å². The predicted molar refractivity (Wildman–Crippen MR) is 52.4 cm³/mol. The summed E-state index contributed by atoms with van der Waals surface area (Å²) in [4.78, 5) is 24.2. The van der Waals surface area contributed by atoms with E-state index in [2.05, 4.69) is 5.32 Å². The molecule has 0 aliphatic carbocycles. The van der Waals surface area contributed by atoms with E-state index in [1.54, 1.807) is 4.90 Å². The Hall–Kier alpha value is -1.10. The SMILES string of the molecule is CC(CN)CN1CCCNC(=O)C1=O. The summed E-state index contributed by atoms with van der Waals surface area (Å²) >= 11 is 0. The molecule has 1 aliphatic rings. The Labute approximate surface area is 83.6 Å². The molecule has 14 heavy (non-hydrogen) atoms. The van der Waals surface area contributed by atoms with Crippen LogP contribution in [-0.4, -0.2) is 42.9 Å². The van der Waals surface area contributed by atoms with Crippen molar-refractivity contribution in [3.05, 3.63) is 0 Å². The maximum Gasteiger partial charge on any atom is 0.311 e. The summed E-state index contributed by atoms with van der Waals surface area (Å²) < 4.78 is 0. The highest BCUT2D eigenvalue weighted by Gasteiger charge is 2.24. The van der Waals surface area contributed by atoms with Gasteiger partial charge in [0.25, 0.3) is 0 Å². The Kier molecular flexibility index (Phi) is 3.88. The third-order valence-corrected chi connectivity index (χ3v) is 2.31. The van der Waals surface area contributed by atoms with E-state index < -0.39 is 11.8 Å². The lowest BCUT2D eigenvalue weighted by Gasteiger charge is -2.22. The lowest BCUT2D eigenvalue weighted by Crippen LogP contribution is -2.42. The van der Waals surface area contributed by atoms with Crippen LogP contribution in [0.2, 0.25) is 0 Å². The zero-order valence-corrected chi connectivity index (χ0v) is 8.45. The molecule has 0 bridgehead atoms. The number of nitrogens with one attached hydrogen (secondary N) is 1. The first kappa shape index (κ1) is 11.0. The molecule has 0 radical (unpaired) electrons. The first-order valence-corrected chi connectivity index (χ1v) is 4.92. The zero-order valence-electron chi connectivity index (χ0n) is 8.45. The summed E-state index contributed by atoms with van der Waals surface area (Å²) in [6.07, 6.45) is 0.814. The lowest BCUT2D eigenvalue weighted by molar-refractivity contribution is -0.145. The van der Waals surface area contributed by atoms with Crippen LogP contribution in [0, 0.1) is 5.92 Å². The van der Waals surface area contributed by atoms with Gasteiger partial charge in [-0.1, -0.05) is 6.92 Å². The molecule has 1 atom stereocenters. The molecule has 1 aliphatic heterocycles. The van der Waals surface area contributed by atoms with Crippen LogP contribution in [0.4, 0.5) is 0 Å². The monoisotopic (exact) mass is 199 g/mol. The van der Waals surface area contributed by atoms with Crippen LogP contribution in [-0.2, 0) is 9.59 Å². The minimum Gasteiger partial charge on any atom is -0.348 e. The molecule has 0 saturated carbocycles. The molecule has 0 aromatic rings. The number of carbonyl (C=O) groups is 2. The summed E-state index contributed by atoms with van der Waals surface area (Å²) in [5.74, 6) is -0.681. The second-order valence-electron chi connectivity index (χ2n) is 3.70. The Morgan fingerprint density at radius 1 is 1.57 bits per heavy atom. The average molecular weight is 199 g/mol. The maximum atomic E-state index is 11.5. The molecule has 3 N–H and O–H groups in total. The largest absolute Gasteiger partial charge is 0.348 e. The van der Waals surface area contributed by atoms with Crippen molar-refractivity contribution in [2.75, 3.05) is 26.2 Å². The Balaban J connectivity index is 2.56. The van der Waals surface area contributed by atoms with Crippen molar-refractivity contribution in [1.29, 1.82) is 0 Å². The number of nitrogens with two attached hydrogens (primary N) is 1. The van der Waals surface area contributed by atoms with E-state index in [9.17, 15) is 9.59 Å². The molecule has 0 aromatic heterocycles. The Morgan fingerprint density at radius 3 is 2.93 bits per heavy atom. The molecule has 80 valence electrons. The van der Waals surface area contributed by atoms with Gasteiger partial charge in [-0.3, -0.25) is 9.59 Å². The average Bonchev–Trinajstić information content (AvgIpc) is 2.33. The van der Waals surface area contributed by atoms with Crippen molar-refractivity contribution in [3.8, 4) is 0 Å². The summed E-state index contributed by atoms with van der Waals surface area (Å²) in [6, 6.07) is 0. The van der Waals surface area contributed by atoms with Crippen LogP contribution in [0.15, 0.2) is 0 Å². The fourth-order valence-electron chi connectivity index (χ4n) is 1.42. The van der Waals surface area contributed by atoms with Crippen LogP contribution < -0.4 is 11.1 Å². The van der Waals surface area contributed by atoms with Gasteiger partial charge >= 0.3 is 11.8 Å². The molecule has 1 saturated heterocycles. The van der Waals surface area contributed by atoms with Crippen LogP contribution in [0.25, 0.3) is 0 Å². The van der Waals surface area contributed by atoms with Crippen LogP contribution in [0.1, 0.15) is 13.3 Å². The summed E-state index contributed by atoms with van der Waals surface area (Å²) in [7, 11) is 0. The van der Waals surface area contributed by atoms with E-state index in [0.717, 1.165) is 6.42 Å². The van der Waals surface area contributed by atoms with Crippen molar-refractivity contribution >= 4 is 11.8 Å². The van der Waals surface area contributed by atoms with Gasteiger partial charge in [0.05, 0.1) is 0 Å². The van der Waals surface area contributed by atoms with Crippen molar-refractivity contribution < 1.29 is 9.59 Å². The third-order valence-electron chi connectivity index (χ3n) is 2.31. The first-order valence-electron chi connectivity index (χ1n) is 4.92. The second kappa shape index (κ2) is 4.95. The third kappa shape index (κ3) is 2.70. The minimum atomic E-state index is -0.494. The fraction of sp³-hybridized carbons (Fsp3) is 0.778. The molecule has 2 amide bonds. The molecule has 5 heteroatoms. The first-order chi connectivity index (χ1) is 6.65. The highest BCUT2D eigenvalue weighted by atomic mass is 16.2. The topological polar surface area (TPSA) is 75.4 Å². The number of amides is 2. The molecular weight excluding hydrogens is 182 g/mol. The lowest BCUT2D eigenvalue weighted by atomic mass is 10.1. The number of hydrogen-bond donors (Lipinski definition) is 2. The number of hydrogen-bond acceptors (Lipinski definition) is 3. The normalized spacial score (nSPS) is 20.3. The molecule has 5 nitrogen and oxygen atoms in total. The standard InChI is InChI=1S/C9H17N3O2/c1-7(5-10)6-12-4-2-3-11-8(13)9(12)14/h7H,2-6,10H2,1H3,(H,11,13). The fourth-order valence-corrected chi connectivity index (χ4v) is 1.42. The van der Waals surface area contributed by atoms with Gasteiger partial charge in [0.1, 0.15) is 0 Å². The molecule has 1 fully saturated rings. The van der Waals surface area contributed by atoms with Gasteiger partial charge in [-0.05, 0) is 18.9 Å². The van der Waals surface area contributed by atoms with Gasteiger partial charge in [0.2, 0.25) is 0 Å². The summed E-state index contributed by atoms with van der Waals surface area (Å²) in [5, 5.41) is 2.55. The van der Waals surface area contributed by atoms with Crippen LogP contribution in [0.3, 0.4) is 0 Å². The minimum absolute atomic E-state index is 0.241. The number of nitrogens with zero attached hydrogens (tertiary/aromatic N) is 1. The quantitative estimate of drug-likeness (QED) is 0.568. The van der Waals surface area contributed by atoms with E-state index in [-0.39, 0.29) is 5.92 Å². The van der Waals surface area contributed by atoms with Crippen molar-refractivity contribution in [1.82, 2.24) is 10.2 Å². The zero-order chi connectivity index (χ0) is 10.6. The molecular formula is C9H17N3O2. The molecule has 0 spiro atoms. The smallest absolute Gasteiger partial charge is 0.311 e. The molecule has 1 rings (SSSR count). The second-order valence-corrected chi connectivity index (χ2v) is 3.70. The van der Waals surface area contributed by atoms with Gasteiger partial charge in [-0.15, -0.1) is 0 Å². The van der Waals surface area contributed by atoms with Gasteiger partial charge in [0.15, 0.2) is 0 Å². The van der Waals surface area contributed by atoms with E-state index >= 15 is 0 Å². The van der Waals surface area contributed by atoms with Crippen LogP contribution in [0.5, 0.6) is 0 Å². The van der Waals surface area contributed by atoms with Gasteiger partial charge < -0.3 is 16.0 Å². The van der Waals surface area contributed by atoms with E-state index in [1.807, 2.05) is 6.92 Å². The van der Waals surface area contributed by atoms with Gasteiger partial charge in [0, 0.05) is 19.6 Å². The highest BCUT2D eigenvalue weighted by Crippen LogP contribution is 2.02. The van der Waals surface area contributed by atoms with E-state index in [0.29, 0.717) is 26.2 Å². The van der Waals surface area contributed by atoms with Crippen molar-refractivity contribution in [2.45, 2.75) is 13.3 Å². The van der Waals surface area contributed by atoms with Gasteiger partial charge in [-0.2, -0.15) is 0 Å². The Bertz CT molecular complexity index is 230. The number of carbonyl (C=O) groups excluding carboxylic acids is 2. The summed E-state index contributed by atoms with van der Waals surface area (Å²) in [6.45, 7) is 4.30. The molecule has 0 aromatic carbocycles. The molecule has 1 unspecified atom stereocenters. The van der Waals surface area contributed by atoms with E-state index in [1.165, 1.54) is 0 Å². The van der Waals surface area contributed by atoms with Gasteiger partial charge in [-0.25, -0.2) is 0 Å². The van der Waals surface area contributed by atoms with Crippen LogP contribution >= 0.6 is 0 Å². The van der Waals surface area contributed by atoms with Crippen molar-refractivity contribution in [2.24, 2.45) is 11.7 Å². The molecule has 1 heterocycles. The predicted octanol–water partition coefficient (Wildman–Crippen LogP) is -1.07. The number of rotatable bonds is 3. The van der Waals surface area contributed by atoms with E-state index in [4.69, 9.17) is 5.73 Å². The highest BCUT2D eigenvalue weighted by molar-refractivity contribution is 6.35. The summed E-state index contributed by atoms with van der Waals surface area (Å²) in [5.41, 5.74) is 5.47. The Morgan fingerprint density at radius 2 is 2.29 bits per heavy atom. The maximum absolute atomic E-state index is 11.5.